The Labute approximate surface area is 112 Å². The van der Waals surface area contributed by atoms with Crippen LogP contribution < -0.4 is 5.11 Å². The van der Waals surface area contributed by atoms with Gasteiger partial charge >= 0.3 is 0 Å². The zero-order valence-corrected chi connectivity index (χ0v) is 10.8. The summed E-state index contributed by atoms with van der Waals surface area (Å²) in [5, 5.41) is 13.7. The number of rotatable bonds is 3. The van der Waals surface area contributed by atoms with E-state index in [1.54, 1.807) is 23.6 Å². The molecule has 0 aliphatic rings. The minimum absolute atomic E-state index is 0.210. The number of thiazole rings is 1. The lowest BCUT2D eigenvalue weighted by Gasteiger charge is -2.02. The summed E-state index contributed by atoms with van der Waals surface area (Å²) in [5.74, 6) is -1.16. The van der Waals surface area contributed by atoms with Crippen LogP contribution in [0.25, 0.3) is 10.6 Å². The zero-order valence-electron chi connectivity index (χ0n) is 8.44. The summed E-state index contributed by atoms with van der Waals surface area (Å²) in [6, 6.07) is 5.16. The maximum Gasteiger partial charge on any atom is 0.126 e. The van der Waals surface area contributed by atoms with E-state index in [4.69, 9.17) is 23.2 Å². The first kappa shape index (κ1) is 12.4. The first-order chi connectivity index (χ1) is 8.08. The molecule has 17 heavy (non-hydrogen) atoms. The Morgan fingerprint density at radius 3 is 2.59 bits per heavy atom. The van der Waals surface area contributed by atoms with E-state index in [2.05, 4.69) is 4.98 Å². The molecule has 0 aliphatic heterocycles. The monoisotopic (exact) mass is 286 g/mol. The van der Waals surface area contributed by atoms with Crippen LogP contribution in [-0.2, 0) is 11.2 Å². The van der Waals surface area contributed by atoms with Crippen LogP contribution in [0.15, 0.2) is 23.6 Å². The molecule has 0 amide bonds. The minimum atomic E-state index is -1.16. The number of carboxylic acids is 1. The van der Waals surface area contributed by atoms with Gasteiger partial charge in [-0.05, 0) is 12.1 Å². The summed E-state index contributed by atoms with van der Waals surface area (Å²) in [4.78, 5) is 14.6. The van der Waals surface area contributed by atoms with Crippen LogP contribution in [-0.4, -0.2) is 11.0 Å². The highest BCUT2D eigenvalue weighted by molar-refractivity contribution is 7.13. The van der Waals surface area contributed by atoms with Crippen LogP contribution >= 0.6 is 34.5 Å². The summed E-state index contributed by atoms with van der Waals surface area (Å²) < 4.78 is 0. The van der Waals surface area contributed by atoms with Crippen LogP contribution in [0, 0.1) is 0 Å². The third-order valence-corrected chi connectivity index (χ3v) is 3.59. The van der Waals surface area contributed by atoms with Gasteiger partial charge in [0.2, 0.25) is 0 Å². The molecule has 0 spiro atoms. The molecule has 0 fully saturated rings. The smallest absolute Gasteiger partial charge is 0.126 e. The molecule has 0 aliphatic carbocycles. The molecular formula is C11H6Cl2NO2S-. The molecular weight excluding hydrogens is 281 g/mol. The predicted molar refractivity (Wildman–Crippen MR) is 66.3 cm³/mol. The van der Waals surface area contributed by atoms with Crippen molar-refractivity contribution in [2.75, 3.05) is 0 Å². The van der Waals surface area contributed by atoms with Gasteiger partial charge in [-0.25, -0.2) is 4.98 Å². The van der Waals surface area contributed by atoms with Crippen molar-refractivity contribution in [3.63, 3.8) is 0 Å². The summed E-state index contributed by atoms with van der Waals surface area (Å²) in [6.45, 7) is 0. The first-order valence-corrected chi connectivity index (χ1v) is 6.30. The van der Waals surface area contributed by atoms with E-state index in [0.717, 1.165) is 0 Å². The van der Waals surface area contributed by atoms with Crippen molar-refractivity contribution >= 4 is 40.5 Å². The van der Waals surface area contributed by atoms with Crippen LogP contribution in [0.5, 0.6) is 0 Å². The number of hydrogen-bond acceptors (Lipinski definition) is 4. The fourth-order valence-electron chi connectivity index (χ4n) is 1.35. The SMILES string of the molecule is O=C([O-])Cc1csc(-c2c(Cl)cccc2Cl)n1. The fraction of sp³-hybridized carbons (Fsp3) is 0.0909. The number of nitrogens with zero attached hydrogens (tertiary/aromatic N) is 1. The standard InChI is InChI=1S/C11H7Cl2NO2S/c12-7-2-1-3-8(13)10(7)11-14-6(5-17-11)4-9(15)16/h1-3,5H,4H2,(H,15,16)/p-1. The average Bonchev–Trinajstić information content (AvgIpc) is 2.65. The molecule has 0 radical (unpaired) electrons. The van der Waals surface area contributed by atoms with Crippen LogP contribution in [0.2, 0.25) is 10.0 Å². The predicted octanol–water partition coefficient (Wildman–Crippen LogP) is 2.41. The van der Waals surface area contributed by atoms with Gasteiger partial charge in [0.1, 0.15) is 5.01 Å². The van der Waals surface area contributed by atoms with E-state index in [0.29, 0.717) is 26.3 Å². The molecule has 0 bridgehead atoms. The van der Waals surface area contributed by atoms with Gasteiger partial charge in [-0.1, -0.05) is 29.3 Å². The van der Waals surface area contributed by atoms with Crippen molar-refractivity contribution in [2.24, 2.45) is 0 Å². The Kier molecular flexibility index (Phi) is 3.66. The Hall–Kier alpha value is -1.10. The van der Waals surface area contributed by atoms with Crippen molar-refractivity contribution < 1.29 is 9.90 Å². The van der Waals surface area contributed by atoms with Crippen molar-refractivity contribution in [2.45, 2.75) is 6.42 Å². The lowest BCUT2D eigenvalue weighted by atomic mass is 10.2. The number of carbonyl (C=O) groups is 1. The van der Waals surface area contributed by atoms with Gasteiger partial charge in [0, 0.05) is 23.3 Å². The molecule has 88 valence electrons. The minimum Gasteiger partial charge on any atom is -0.550 e. The first-order valence-electron chi connectivity index (χ1n) is 4.66. The van der Waals surface area contributed by atoms with Crippen LogP contribution in [0.4, 0.5) is 0 Å². The molecule has 1 aromatic carbocycles. The average molecular weight is 287 g/mol. The largest absolute Gasteiger partial charge is 0.550 e. The third-order valence-electron chi connectivity index (χ3n) is 2.05. The molecule has 1 heterocycles. The number of carboxylic acid groups (broad SMARTS) is 1. The highest BCUT2D eigenvalue weighted by atomic mass is 35.5. The van der Waals surface area contributed by atoms with Gasteiger partial charge in [-0.15, -0.1) is 11.3 Å². The van der Waals surface area contributed by atoms with Crippen molar-refractivity contribution in [3.8, 4) is 10.6 Å². The Morgan fingerprint density at radius 2 is 2.00 bits per heavy atom. The molecule has 0 atom stereocenters. The summed E-state index contributed by atoms with van der Waals surface area (Å²) in [7, 11) is 0. The normalized spacial score (nSPS) is 10.5. The number of carbonyl (C=O) groups excluding carboxylic acids is 1. The lowest BCUT2D eigenvalue weighted by molar-refractivity contribution is -0.304. The molecule has 0 N–H and O–H groups in total. The summed E-state index contributed by atoms with van der Waals surface area (Å²) in [6.07, 6.45) is -0.210. The molecule has 0 unspecified atom stereocenters. The number of halogens is 2. The Bertz CT molecular complexity index is 548. The highest BCUT2D eigenvalue weighted by Crippen LogP contribution is 2.36. The fourth-order valence-corrected chi connectivity index (χ4v) is 2.93. The van der Waals surface area contributed by atoms with Crippen molar-refractivity contribution in [1.29, 1.82) is 0 Å². The summed E-state index contributed by atoms with van der Waals surface area (Å²) >= 11 is 13.4. The van der Waals surface area contributed by atoms with E-state index < -0.39 is 5.97 Å². The molecule has 0 saturated heterocycles. The summed E-state index contributed by atoms with van der Waals surface area (Å²) in [5.41, 5.74) is 1.08. The topological polar surface area (TPSA) is 53.0 Å². The second-order valence-corrected chi connectivity index (χ2v) is 4.96. The van der Waals surface area contributed by atoms with E-state index in [-0.39, 0.29) is 6.42 Å². The van der Waals surface area contributed by atoms with Gasteiger partial charge in [-0.2, -0.15) is 0 Å². The second-order valence-electron chi connectivity index (χ2n) is 3.29. The van der Waals surface area contributed by atoms with E-state index in [9.17, 15) is 9.90 Å². The molecule has 0 saturated carbocycles. The van der Waals surface area contributed by atoms with Gasteiger partial charge in [0.15, 0.2) is 0 Å². The van der Waals surface area contributed by atoms with Gasteiger partial charge in [0.05, 0.1) is 15.7 Å². The van der Waals surface area contributed by atoms with Gasteiger partial charge < -0.3 is 9.90 Å². The van der Waals surface area contributed by atoms with Gasteiger partial charge in [0.25, 0.3) is 0 Å². The number of hydrogen-bond donors (Lipinski definition) is 0. The molecule has 6 heteroatoms. The maximum absolute atomic E-state index is 10.4. The zero-order chi connectivity index (χ0) is 12.4. The molecule has 2 rings (SSSR count). The molecule has 2 aromatic rings. The maximum atomic E-state index is 10.4. The number of aliphatic carboxylic acids is 1. The Morgan fingerprint density at radius 1 is 1.35 bits per heavy atom. The molecule has 3 nitrogen and oxygen atoms in total. The second kappa shape index (κ2) is 5.04. The van der Waals surface area contributed by atoms with Crippen LogP contribution in [0.1, 0.15) is 5.69 Å². The van der Waals surface area contributed by atoms with Crippen molar-refractivity contribution in [3.05, 3.63) is 39.3 Å². The quantitative estimate of drug-likeness (QED) is 0.871. The number of benzene rings is 1. The number of aromatic nitrogens is 1. The lowest BCUT2D eigenvalue weighted by Crippen LogP contribution is -2.24. The van der Waals surface area contributed by atoms with Crippen LogP contribution in [0.3, 0.4) is 0 Å². The Balaban J connectivity index is 2.40. The van der Waals surface area contributed by atoms with Gasteiger partial charge in [-0.3, -0.25) is 0 Å². The van der Waals surface area contributed by atoms with Crippen molar-refractivity contribution in [1.82, 2.24) is 4.98 Å². The van der Waals surface area contributed by atoms with E-state index >= 15 is 0 Å². The van der Waals surface area contributed by atoms with E-state index in [1.807, 2.05) is 0 Å². The third kappa shape index (κ3) is 2.77. The highest BCUT2D eigenvalue weighted by Gasteiger charge is 2.12. The van der Waals surface area contributed by atoms with E-state index in [1.165, 1.54) is 11.3 Å². The molecule has 1 aromatic heterocycles.